The zero-order valence-corrected chi connectivity index (χ0v) is 12.8. The van der Waals surface area contributed by atoms with E-state index in [-0.39, 0.29) is 0 Å². The lowest BCUT2D eigenvalue weighted by Gasteiger charge is -2.12. The Labute approximate surface area is 113 Å². The van der Waals surface area contributed by atoms with Crippen molar-refractivity contribution < 1.29 is 0 Å². The predicted molar refractivity (Wildman–Crippen MR) is 76.4 cm³/mol. The molecule has 0 aromatic carbocycles. The minimum absolute atomic E-state index is 0.583. The number of aryl methyl sites for hydroxylation is 1. The van der Waals surface area contributed by atoms with Gasteiger partial charge in [0.2, 0.25) is 0 Å². The van der Waals surface area contributed by atoms with Crippen LogP contribution in [0.5, 0.6) is 0 Å². The second-order valence-electron chi connectivity index (χ2n) is 4.63. The van der Waals surface area contributed by atoms with E-state index >= 15 is 0 Å². The first-order chi connectivity index (χ1) is 8.08. The molecule has 0 saturated heterocycles. The lowest BCUT2D eigenvalue weighted by atomic mass is 10.1. The Morgan fingerprint density at radius 3 is 2.47 bits per heavy atom. The van der Waals surface area contributed by atoms with Gasteiger partial charge in [0, 0.05) is 13.0 Å². The van der Waals surface area contributed by atoms with Crippen molar-refractivity contribution >= 4 is 21.7 Å². The van der Waals surface area contributed by atoms with Crippen molar-refractivity contribution in [3.05, 3.63) is 16.0 Å². The smallest absolute Gasteiger partial charge is 0.144 e. The zero-order valence-electron chi connectivity index (χ0n) is 11.2. The van der Waals surface area contributed by atoms with Gasteiger partial charge in [-0.05, 0) is 35.2 Å². The van der Waals surface area contributed by atoms with Crippen LogP contribution < -0.4 is 5.32 Å². The molecule has 0 saturated carbocycles. The minimum atomic E-state index is 0.583. The van der Waals surface area contributed by atoms with Crippen LogP contribution >= 0.6 is 15.9 Å². The van der Waals surface area contributed by atoms with Gasteiger partial charge >= 0.3 is 0 Å². The Bertz CT molecular complexity index is 337. The third kappa shape index (κ3) is 4.26. The molecule has 0 spiro atoms. The molecule has 3 nitrogen and oxygen atoms in total. The molecule has 0 fully saturated rings. The van der Waals surface area contributed by atoms with Gasteiger partial charge in [-0.15, -0.1) is 0 Å². The number of nitrogens with zero attached hydrogens (tertiary/aromatic N) is 2. The Kier molecular flexibility index (Phi) is 5.89. The Hall–Kier alpha value is -0.640. The van der Waals surface area contributed by atoms with E-state index in [2.05, 4.69) is 58.9 Å². The number of hydrogen-bond donors (Lipinski definition) is 1. The molecule has 0 bridgehead atoms. The summed E-state index contributed by atoms with van der Waals surface area (Å²) in [7, 11) is 0. The van der Waals surface area contributed by atoms with Gasteiger partial charge in [-0.25, -0.2) is 9.97 Å². The van der Waals surface area contributed by atoms with E-state index in [1.807, 2.05) is 0 Å². The van der Waals surface area contributed by atoms with Gasteiger partial charge in [0.1, 0.15) is 11.6 Å². The molecule has 1 N–H and O–H groups in total. The molecule has 1 aromatic rings. The first-order valence-corrected chi connectivity index (χ1v) is 7.16. The summed E-state index contributed by atoms with van der Waals surface area (Å²) in [5, 5.41) is 3.29. The summed E-state index contributed by atoms with van der Waals surface area (Å²) < 4.78 is 1.02. The minimum Gasteiger partial charge on any atom is -0.369 e. The van der Waals surface area contributed by atoms with Gasteiger partial charge in [0.15, 0.2) is 0 Å². The number of nitrogens with one attached hydrogen (secondary N) is 1. The van der Waals surface area contributed by atoms with Crippen molar-refractivity contribution in [2.24, 2.45) is 5.92 Å². The second kappa shape index (κ2) is 6.94. The highest BCUT2D eigenvalue weighted by Crippen LogP contribution is 2.25. The third-order valence-corrected chi connectivity index (χ3v) is 3.22. The first-order valence-electron chi connectivity index (χ1n) is 6.37. The predicted octanol–water partition coefficient (Wildman–Crippen LogP) is 3.82. The molecule has 96 valence electrons. The summed E-state index contributed by atoms with van der Waals surface area (Å²) in [5.41, 5.74) is 1.12. The zero-order chi connectivity index (χ0) is 12.8. The Balaban J connectivity index is 3.06. The molecule has 0 unspecified atom stereocenters. The highest BCUT2D eigenvalue weighted by Gasteiger charge is 2.12. The van der Waals surface area contributed by atoms with Gasteiger partial charge in [0.25, 0.3) is 0 Å². The van der Waals surface area contributed by atoms with Crippen molar-refractivity contribution in [2.75, 3.05) is 11.9 Å². The molecule has 17 heavy (non-hydrogen) atoms. The van der Waals surface area contributed by atoms with E-state index in [4.69, 9.17) is 0 Å². The van der Waals surface area contributed by atoms with Crippen LogP contribution in [0.25, 0.3) is 0 Å². The van der Waals surface area contributed by atoms with Crippen LogP contribution in [0.4, 0.5) is 5.82 Å². The monoisotopic (exact) mass is 299 g/mol. The highest BCUT2D eigenvalue weighted by atomic mass is 79.9. The molecule has 0 aliphatic rings. The lowest BCUT2D eigenvalue weighted by Crippen LogP contribution is -2.09. The van der Waals surface area contributed by atoms with Gasteiger partial charge in [0.05, 0.1) is 10.2 Å². The van der Waals surface area contributed by atoms with Crippen molar-refractivity contribution in [3.63, 3.8) is 0 Å². The van der Waals surface area contributed by atoms with E-state index in [1.54, 1.807) is 0 Å². The molecule has 1 rings (SSSR count). The summed E-state index contributed by atoms with van der Waals surface area (Å²) in [6.45, 7) is 9.51. The van der Waals surface area contributed by atoms with Crippen molar-refractivity contribution in [2.45, 2.75) is 47.0 Å². The largest absolute Gasteiger partial charge is 0.369 e. The number of hydrogen-bond acceptors (Lipinski definition) is 3. The fourth-order valence-corrected chi connectivity index (χ4v) is 2.20. The number of halogens is 1. The fraction of sp³-hybridized carbons (Fsp3) is 0.692. The van der Waals surface area contributed by atoms with Crippen LogP contribution in [0.15, 0.2) is 4.47 Å². The molecule has 1 heterocycles. The summed E-state index contributed by atoms with van der Waals surface area (Å²) in [4.78, 5) is 9.22. The Morgan fingerprint density at radius 2 is 1.94 bits per heavy atom. The van der Waals surface area contributed by atoms with Crippen LogP contribution in [0.3, 0.4) is 0 Å². The maximum Gasteiger partial charge on any atom is 0.144 e. The average molecular weight is 300 g/mol. The van der Waals surface area contributed by atoms with Gasteiger partial charge in [-0.2, -0.15) is 0 Å². The number of anilines is 1. The van der Waals surface area contributed by atoms with E-state index in [0.717, 1.165) is 47.6 Å². The van der Waals surface area contributed by atoms with Crippen molar-refractivity contribution in [1.29, 1.82) is 0 Å². The number of rotatable bonds is 6. The van der Waals surface area contributed by atoms with Gasteiger partial charge in [-0.1, -0.05) is 27.2 Å². The summed E-state index contributed by atoms with van der Waals surface area (Å²) in [5.74, 6) is 2.46. The molecular formula is C13H22BrN3. The standard InChI is InChI=1S/C13H22BrN3/c1-5-7-10-12(14)13(15-6-2)17-11(16-10)8-9(3)4/h9H,5-8H2,1-4H3,(H,15,16,17). The Morgan fingerprint density at radius 1 is 1.24 bits per heavy atom. The molecule has 0 amide bonds. The van der Waals surface area contributed by atoms with Crippen LogP contribution in [-0.2, 0) is 12.8 Å². The van der Waals surface area contributed by atoms with Gasteiger partial charge in [-0.3, -0.25) is 0 Å². The van der Waals surface area contributed by atoms with E-state index in [9.17, 15) is 0 Å². The van der Waals surface area contributed by atoms with Crippen molar-refractivity contribution in [3.8, 4) is 0 Å². The maximum atomic E-state index is 4.65. The third-order valence-electron chi connectivity index (χ3n) is 2.39. The molecule has 1 aromatic heterocycles. The van der Waals surface area contributed by atoms with Crippen LogP contribution in [0.1, 0.15) is 45.6 Å². The molecule has 0 atom stereocenters. The molecule has 0 radical (unpaired) electrons. The molecule has 0 aliphatic carbocycles. The molecule has 0 aliphatic heterocycles. The van der Waals surface area contributed by atoms with Crippen molar-refractivity contribution in [1.82, 2.24) is 9.97 Å². The molecular weight excluding hydrogens is 278 g/mol. The average Bonchev–Trinajstić information content (AvgIpc) is 2.24. The topological polar surface area (TPSA) is 37.8 Å². The summed E-state index contributed by atoms with van der Waals surface area (Å²) in [6.07, 6.45) is 3.03. The number of aromatic nitrogens is 2. The second-order valence-corrected chi connectivity index (χ2v) is 5.42. The summed E-state index contributed by atoms with van der Waals surface area (Å²) >= 11 is 3.60. The van der Waals surface area contributed by atoms with Crippen LogP contribution in [-0.4, -0.2) is 16.5 Å². The van der Waals surface area contributed by atoms with Crippen LogP contribution in [0.2, 0.25) is 0 Å². The quantitative estimate of drug-likeness (QED) is 0.868. The van der Waals surface area contributed by atoms with E-state index in [1.165, 1.54) is 0 Å². The lowest BCUT2D eigenvalue weighted by molar-refractivity contribution is 0.616. The van der Waals surface area contributed by atoms with E-state index in [0.29, 0.717) is 5.92 Å². The van der Waals surface area contributed by atoms with Crippen LogP contribution in [0, 0.1) is 5.92 Å². The SMILES string of the molecule is CCCc1nc(CC(C)C)nc(NCC)c1Br. The highest BCUT2D eigenvalue weighted by molar-refractivity contribution is 9.10. The maximum absolute atomic E-state index is 4.65. The fourth-order valence-electron chi connectivity index (χ4n) is 1.69. The molecule has 4 heteroatoms. The van der Waals surface area contributed by atoms with Gasteiger partial charge < -0.3 is 5.32 Å². The van der Waals surface area contributed by atoms with E-state index < -0.39 is 0 Å². The summed E-state index contributed by atoms with van der Waals surface area (Å²) in [6, 6.07) is 0. The normalized spacial score (nSPS) is 10.9. The first kappa shape index (κ1) is 14.4.